The number of aryl methyl sites for hydroxylation is 3. The topological polar surface area (TPSA) is 45.7 Å². The summed E-state index contributed by atoms with van der Waals surface area (Å²) < 4.78 is 6.59. The van der Waals surface area contributed by atoms with Crippen LogP contribution in [0.4, 0.5) is 4.79 Å². The number of carbonyl (C=O) groups is 1. The van der Waals surface area contributed by atoms with Crippen LogP contribution in [0.2, 0.25) is 0 Å². The van der Waals surface area contributed by atoms with Gasteiger partial charge < -0.3 is 9.64 Å². The number of amides is 1. The van der Waals surface area contributed by atoms with Crippen molar-refractivity contribution in [3.63, 3.8) is 0 Å². The van der Waals surface area contributed by atoms with Gasteiger partial charge in [0, 0.05) is 36.8 Å². The molecule has 2 aromatic rings. The van der Waals surface area contributed by atoms with Crippen LogP contribution in [0.3, 0.4) is 0 Å². The lowest BCUT2D eigenvalue weighted by molar-refractivity contribution is 0.0117. The summed E-state index contributed by atoms with van der Waals surface area (Å²) in [6.45, 7) is 10.8. The minimum Gasteiger partial charge on any atom is -0.444 e. The van der Waals surface area contributed by atoms with Crippen molar-refractivity contribution in [2.75, 3.05) is 26.2 Å². The summed E-state index contributed by atoms with van der Waals surface area (Å²) in [4.78, 5) is 21.7. The fourth-order valence-corrected chi connectivity index (χ4v) is 4.81. The van der Waals surface area contributed by atoms with Crippen molar-refractivity contribution in [2.45, 2.75) is 52.2 Å². The van der Waals surface area contributed by atoms with Crippen LogP contribution in [0.1, 0.15) is 54.8 Å². The third-order valence-electron chi connectivity index (χ3n) is 5.81. The normalized spacial score (nSPS) is 19.6. The van der Waals surface area contributed by atoms with Crippen LogP contribution in [-0.2, 0) is 17.6 Å². The molecule has 1 aromatic heterocycles. The van der Waals surface area contributed by atoms with Crippen molar-refractivity contribution in [1.29, 1.82) is 0 Å². The predicted molar refractivity (Wildman–Crippen MR) is 122 cm³/mol. The molecule has 1 amide bonds. The van der Waals surface area contributed by atoms with Crippen LogP contribution in [0.25, 0.3) is 0 Å². The smallest absolute Gasteiger partial charge is 0.410 e. The van der Waals surface area contributed by atoms with E-state index in [4.69, 9.17) is 9.72 Å². The lowest BCUT2D eigenvalue weighted by Crippen LogP contribution is -2.51. The first-order valence-electron chi connectivity index (χ1n) is 10.7. The van der Waals surface area contributed by atoms with E-state index >= 15 is 0 Å². The lowest BCUT2D eigenvalue weighted by atomic mass is 9.94. The van der Waals surface area contributed by atoms with Crippen molar-refractivity contribution in [2.24, 2.45) is 0 Å². The first-order chi connectivity index (χ1) is 14.2. The molecule has 5 nitrogen and oxygen atoms in total. The Hall–Kier alpha value is -1.92. The third-order valence-corrected chi connectivity index (χ3v) is 6.25. The Morgan fingerprint density at radius 2 is 1.80 bits per heavy atom. The second-order valence-electron chi connectivity index (χ2n) is 9.31. The highest BCUT2D eigenvalue weighted by atomic mass is 79.9. The van der Waals surface area contributed by atoms with Gasteiger partial charge in [0.1, 0.15) is 5.60 Å². The second kappa shape index (κ2) is 8.31. The fraction of sp³-hybridized carbons (Fsp3) is 0.500. The largest absolute Gasteiger partial charge is 0.444 e. The molecular weight excluding hydrogens is 442 g/mol. The summed E-state index contributed by atoms with van der Waals surface area (Å²) in [6.07, 6.45) is 3.70. The SMILES string of the molecule is Cc1ccc2c(c1)CCc1cc(Br)cnc1C2N1CCN(C(=O)OC(C)(C)C)CC1. The molecule has 0 saturated carbocycles. The van der Waals surface area contributed by atoms with Gasteiger partial charge in [0.2, 0.25) is 0 Å². The summed E-state index contributed by atoms with van der Waals surface area (Å²) in [7, 11) is 0. The number of aromatic nitrogens is 1. The van der Waals surface area contributed by atoms with Gasteiger partial charge in [0.05, 0.1) is 11.7 Å². The maximum atomic E-state index is 12.5. The summed E-state index contributed by atoms with van der Waals surface area (Å²) in [5.74, 6) is 0. The number of rotatable bonds is 1. The van der Waals surface area contributed by atoms with Gasteiger partial charge in [0.15, 0.2) is 0 Å². The zero-order valence-corrected chi connectivity index (χ0v) is 19.8. The van der Waals surface area contributed by atoms with Gasteiger partial charge in [-0.15, -0.1) is 0 Å². The molecule has 1 aliphatic heterocycles. The molecule has 2 heterocycles. The van der Waals surface area contributed by atoms with Gasteiger partial charge in [-0.25, -0.2) is 4.79 Å². The molecule has 160 valence electrons. The van der Waals surface area contributed by atoms with E-state index in [2.05, 4.69) is 52.0 Å². The molecule has 0 spiro atoms. The first-order valence-corrected chi connectivity index (χ1v) is 11.5. The summed E-state index contributed by atoms with van der Waals surface area (Å²) >= 11 is 3.59. The van der Waals surface area contributed by atoms with Crippen molar-refractivity contribution in [1.82, 2.24) is 14.8 Å². The molecule has 1 saturated heterocycles. The van der Waals surface area contributed by atoms with E-state index in [-0.39, 0.29) is 12.1 Å². The Morgan fingerprint density at radius 1 is 1.10 bits per heavy atom. The van der Waals surface area contributed by atoms with Gasteiger partial charge in [-0.2, -0.15) is 0 Å². The van der Waals surface area contributed by atoms with Crippen LogP contribution < -0.4 is 0 Å². The number of piperazine rings is 1. The van der Waals surface area contributed by atoms with Crippen LogP contribution in [-0.4, -0.2) is 52.7 Å². The molecule has 1 fully saturated rings. The van der Waals surface area contributed by atoms with Gasteiger partial charge in [-0.3, -0.25) is 9.88 Å². The van der Waals surface area contributed by atoms with Crippen molar-refractivity contribution < 1.29 is 9.53 Å². The number of pyridine rings is 1. The number of hydrogen-bond donors (Lipinski definition) is 0. The lowest BCUT2D eigenvalue weighted by Gasteiger charge is -2.40. The maximum absolute atomic E-state index is 12.5. The molecule has 2 aliphatic rings. The Bertz CT molecular complexity index is 892. The quantitative estimate of drug-likeness (QED) is 0.593. The van der Waals surface area contributed by atoms with E-state index < -0.39 is 5.60 Å². The molecule has 4 rings (SSSR count). The number of nitrogens with zero attached hydrogens (tertiary/aromatic N) is 3. The number of halogens is 1. The minimum absolute atomic E-state index is 0.118. The molecule has 30 heavy (non-hydrogen) atoms. The second-order valence-corrected chi connectivity index (χ2v) is 10.2. The van der Waals surface area contributed by atoms with Gasteiger partial charge in [-0.05, 0) is 79.2 Å². The summed E-state index contributed by atoms with van der Waals surface area (Å²) in [5, 5.41) is 0. The Kier molecular flexibility index (Phi) is 5.90. The molecular formula is C24H30BrN3O2. The van der Waals surface area contributed by atoms with E-state index in [1.807, 2.05) is 31.9 Å². The van der Waals surface area contributed by atoms with Gasteiger partial charge in [-0.1, -0.05) is 23.8 Å². The van der Waals surface area contributed by atoms with Crippen molar-refractivity contribution >= 4 is 22.0 Å². The van der Waals surface area contributed by atoms with Gasteiger partial charge >= 0.3 is 6.09 Å². The average Bonchev–Trinajstić information content (AvgIpc) is 2.83. The van der Waals surface area contributed by atoms with Crippen molar-refractivity contribution in [3.05, 3.63) is 62.9 Å². The van der Waals surface area contributed by atoms with Crippen LogP contribution in [0, 0.1) is 6.92 Å². The van der Waals surface area contributed by atoms with Crippen LogP contribution >= 0.6 is 15.9 Å². The Morgan fingerprint density at radius 3 is 2.50 bits per heavy atom. The number of benzene rings is 1. The molecule has 0 radical (unpaired) electrons. The predicted octanol–water partition coefficient (Wildman–Crippen LogP) is 4.89. The van der Waals surface area contributed by atoms with Crippen LogP contribution in [0.15, 0.2) is 34.9 Å². The summed E-state index contributed by atoms with van der Waals surface area (Å²) in [6, 6.07) is 9.12. The molecule has 0 bridgehead atoms. The highest BCUT2D eigenvalue weighted by Gasteiger charge is 2.34. The van der Waals surface area contributed by atoms with Crippen molar-refractivity contribution in [3.8, 4) is 0 Å². The summed E-state index contributed by atoms with van der Waals surface area (Å²) in [5.41, 5.74) is 6.03. The van der Waals surface area contributed by atoms with E-state index in [0.717, 1.165) is 36.1 Å². The van der Waals surface area contributed by atoms with E-state index in [1.165, 1.54) is 22.3 Å². The Labute approximate surface area is 187 Å². The highest BCUT2D eigenvalue weighted by Crippen LogP contribution is 2.37. The molecule has 1 aliphatic carbocycles. The third kappa shape index (κ3) is 4.54. The number of carbonyl (C=O) groups excluding carboxylic acids is 1. The zero-order valence-electron chi connectivity index (χ0n) is 18.2. The van der Waals surface area contributed by atoms with E-state index in [0.29, 0.717) is 13.1 Å². The molecule has 1 atom stereocenters. The van der Waals surface area contributed by atoms with E-state index in [1.54, 1.807) is 0 Å². The Balaban J connectivity index is 1.62. The van der Waals surface area contributed by atoms with E-state index in [9.17, 15) is 4.79 Å². The highest BCUT2D eigenvalue weighted by molar-refractivity contribution is 9.10. The standard InChI is InChI=1S/C24H30BrN3O2/c1-16-5-8-20-17(13-16)6-7-18-14-19(25)15-26-21(18)22(20)27-9-11-28(12-10-27)23(29)30-24(2,3)4/h5,8,13-15,22H,6-7,9-12H2,1-4H3. The number of hydrogen-bond acceptors (Lipinski definition) is 4. The number of fused-ring (bicyclic) bond motifs is 2. The fourth-order valence-electron chi connectivity index (χ4n) is 4.43. The van der Waals surface area contributed by atoms with Crippen LogP contribution in [0.5, 0.6) is 0 Å². The zero-order chi connectivity index (χ0) is 21.5. The van der Waals surface area contributed by atoms with Gasteiger partial charge in [0.25, 0.3) is 0 Å². The molecule has 6 heteroatoms. The monoisotopic (exact) mass is 471 g/mol. The molecule has 0 N–H and O–H groups in total. The maximum Gasteiger partial charge on any atom is 0.410 e. The molecule has 1 aromatic carbocycles. The average molecular weight is 472 g/mol. The minimum atomic E-state index is -0.470. The molecule has 1 unspecified atom stereocenters. The first kappa shape index (κ1) is 21.3. The number of ether oxygens (including phenoxy) is 1.